The zero-order chi connectivity index (χ0) is 16.4. The van der Waals surface area contributed by atoms with Crippen LogP contribution >= 0.6 is 23.1 Å². The number of fused-ring (bicyclic) bond motifs is 1. The van der Waals surface area contributed by atoms with E-state index in [0.717, 1.165) is 41.0 Å². The van der Waals surface area contributed by atoms with Gasteiger partial charge in [0.15, 0.2) is 0 Å². The van der Waals surface area contributed by atoms with Crippen molar-refractivity contribution in [2.45, 2.75) is 62.8 Å². The first-order chi connectivity index (χ1) is 11.1. The van der Waals surface area contributed by atoms with Gasteiger partial charge in [0, 0.05) is 22.8 Å². The smallest absolute Gasteiger partial charge is 0.236 e. The van der Waals surface area contributed by atoms with Crippen molar-refractivity contribution in [1.29, 1.82) is 0 Å². The van der Waals surface area contributed by atoms with Gasteiger partial charge in [0.2, 0.25) is 5.91 Å². The van der Waals surface area contributed by atoms with Crippen molar-refractivity contribution in [2.75, 3.05) is 6.54 Å². The van der Waals surface area contributed by atoms with E-state index in [1.165, 1.54) is 11.3 Å². The maximum absolute atomic E-state index is 12.8. The summed E-state index contributed by atoms with van der Waals surface area (Å²) in [5, 5.41) is 1.90. The Morgan fingerprint density at radius 3 is 3.04 bits per heavy atom. The van der Waals surface area contributed by atoms with Gasteiger partial charge in [-0.3, -0.25) is 4.79 Å². The van der Waals surface area contributed by atoms with Crippen LogP contribution in [0.2, 0.25) is 0 Å². The second-order valence-electron chi connectivity index (χ2n) is 6.10. The number of rotatable bonds is 4. The molecule has 1 amide bonds. The van der Waals surface area contributed by atoms with Gasteiger partial charge in [-0.2, -0.15) is 0 Å². The normalized spacial score (nSPS) is 20.0. The Bertz CT molecular complexity index is 700. The summed E-state index contributed by atoms with van der Waals surface area (Å²) in [5.74, 6) is 0.236. The SMILES string of the molecule is CCc1cc2c(SC(C)C(=O)N3CCCCC3C)ncnc2s1. The lowest BCUT2D eigenvalue weighted by molar-refractivity contribution is -0.133. The van der Waals surface area contributed by atoms with Crippen LogP contribution in [0.5, 0.6) is 0 Å². The fraction of sp³-hybridized carbons (Fsp3) is 0.588. The molecule has 3 rings (SSSR count). The van der Waals surface area contributed by atoms with Crippen molar-refractivity contribution in [3.05, 3.63) is 17.3 Å². The summed E-state index contributed by atoms with van der Waals surface area (Å²) in [6.07, 6.45) is 6.08. The lowest BCUT2D eigenvalue weighted by Crippen LogP contribution is -2.45. The van der Waals surface area contributed by atoms with Gasteiger partial charge < -0.3 is 4.90 Å². The zero-order valence-electron chi connectivity index (χ0n) is 13.9. The molecule has 0 saturated carbocycles. The largest absolute Gasteiger partial charge is 0.339 e. The molecule has 0 aromatic carbocycles. The second-order valence-corrected chi connectivity index (χ2v) is 8.55. The van der Waals surface area contributed by atoms with Crippen molar-refractivity contribution >= 4 is 39.2 Å². The number of amides is 1. The number of hydrogen-bond donors (Lipinski definition) is 0. The number of aryl methyl sites for hydroxylation is 1. The van der Waals surface area contributed by atoms with Gasteiger partial charge in [-0.05, 0) is 45.6 Å². The van der Waals surface area contributed by atoms with Gasteiger partial charge in [-0.25, -0.2) is 9.97 Å². The maximum atomic E-state index is 12.8. The Balaban J connectivity index is 1.78. The molecule has 2 aromatic heterocycles. The fourth-order valence-electron chi connectivity index (χ4n) is 3.03. The van der Waals surface area contributed by atoms with E-state index in [0.29, 0.717) is 6.04 Å². The molecule has 0 bridgehead atoms. The fourth-order valence-corrected chi connectivity index (χ4v) is 4.99. The van der Waals surface area contributed by atoms with E-state index in [9.17, 15) is 4.79 Å². The zero-order valence-corrected chi connectivity index (χ0v) is 15.5. The first-order valence-corrected chi connectivity index (χ1v) is 10.00. The van der Waals surface area contributed by atoms with Gasteiger partial charge in [0.25, 0.3) is 0 Å². The van der Waals surface area contributed by atoms with E-state index in [4.69, 9.17) is 0 Å². The van der Waals surface area contributed by atoms with E-state index in [-0.39, 0.29) is 11.2 Å². The minimum Gasteiger partial charge on any atom is -0.339 e. The van der Waals surface area contributed by atoms with Crippen LogP contribution in [0, 0.1) is 0 Å². The third-order valence-corrected chi connectivity index (χ3v) is 6.71. The van der Waals surface area contributed by atoms with Crippen molar-refractivity contribution in [3.8, 4) is 0 Å². The molecule has 1 fully saturated rings. The van der Waals surface area contributed by atoms with E-state index in [1.807, 2.05) is 11.8 Å². The maximum Gasteiger partial charge on any atom is 0.236 e. The highest BCUT2D eigenvalue weighted by Gasteiger charge is 2.28. The third-order valence-electron chi connectivity index (χ3n) is 4.41. The van der Waals surface area contributed by atoms with Gasteiger partial charge in [-0.1, -0.05) is 18.7 Å². The highest BCUT2D eigenvalue weighted by Crippen LogP contribution is 2.33. The predicted octanol–water partition coefficient (Wildman–Crippen LogP) is 4.14. The molecule has 6 heteroatoms. The molecule has 2 atom stereocenters. The molecule has 0 N–H and O–H groups in total. The molecule has 0 spiro atoms. The molecule has 0 aliphatic carbocycles. The van der Waals surface area contributed by atoms with E-state index < -0.39 is 0 Å². The van der Waals surface area contributed by atoms with Crippen LogP contribution in [0.25, 0.3) is 10.2 Å². The van der Waals surface area contributed by atoms with Crippen LogP contribution in [0.4, 0.5) is 0 Å². The number of aromatic nitrogens is 2. The molecule has 1 aliphatic rings. The predicted molar refractivity (Wildman–Crippen MR) is 97.1 cm³/mol. The lowest BCUT2D eigenvalue weighted by Gasteiger charge is -2.35. The van der Waals surface area contributed by atoms with E-state index >= 15 is 0 Å². The molecule has 4 nitrogen and oxygen atoms in total. The molecular formula is C17H23N3OS2. The molecule has 1 aliphatic heterocycles. The molecule has 23 heavy (non-hydrogen) atoms. The number of carbonyl (C=O) groups is 1. The quantitative estimate of drug-likeness (QED) is 0.615. The number of carbonyl (C=O) groups excluding carboxylic acids is 1. The number of nitrogens with zero attached hydrogens (tertiary/aromatic N) is 3. The number of likely N-dealkylation sites (tertiary alicyclic amines) is 1. The van der Waals surface area contributed by atoms with Crippen LogP contribution in [0.3, 0.4) is 0 Å². The highest BCUT2D eigenvalue weighted by atomic mass is 32.2. The van der Waals surface area contributed by atoms with E-state index in [2.05, 4.69) is 29.9 Å². The van der Waals surface area contributed by atoms with Crippen LogP contribution < -0.4 is 0 Å². The lowest BCUT2D eigenvalue weighted by atomic mass is 10.0. The van der Waals surface area contributed by atoms with Gasteiger partial charge in [0.05, 0.1) is 5.25 Å². The summed E-state index contributed by atoms with van der Waals surface area (Å²) in [7, 11) is 0. The molecule has 2 aromatic rings. The van der Waals surface area contributed by atoms with Crippen LogP contribution in [-0.4, -0.2) is 38.6 Å². The van der Waals surface area contributed by atoms with Crippen LogP contribution in [0.1, 0.15) is 44.9 Å². The Kier molecular flexibility index (Phi) is 5.21. The van der Waals surface area contributed by atoms with Crippen LogP contribution in [0.15, 0.2) is 17.4 Å². The molecule has 1 saturated heterocycles. The summed E-state index contributed by atoms with van der Waals surface area (Å²) in [4.78, 5) is 25.9. The Hall–Kier alpha value is -1.14. The number of hydrogen-bond acceptors (Lipinski definition) is 5. The average molecular weight is 350 g/mol. The number of thioether (sulfide) groups is 1. The first kappa shape index (κ1) is 16.7. The van der Waals surface area contributed by atoms with Crippen LogP contribution in [-0.2, 0) is 11.2 Å². The van der Waals surface area contributed by atoms with Crippen molar-refractivity contribution in [2.24, 2.45) is 0 Å². The topological polar surface area (TPSA) is 46.1 Å². The summed E-state index contributed by atoms with van der Waals surface area (Å²) < 4.78 is 0. The van der Waals surface area contributed by atoms with Gasteiger partial charge in [-0.15, -0.1) is 11.3 Å². The standard InChI is InChI=1S/C17H23N3OS2/c1-4-13-9-14-15(18-10-19-16(14)23-13)22-12(3)17(21)20-8-6-5-7-11(20)2/h9-12H,4-8H2,1-3H3. The minimum absolute atomic E-state index is 0.112. The molecule has 3 heterocycles. The third kappa shape index (κ3) is 3.53. The summed E-state index contributed by atoms with van der Waals surface area (Å²) >= 11 is 3.28. The van der Waals surface area contributed by atoms with E-state index in [1.54, 1.807) is 29.4 Å². The van der Waals surface area contributed by atoms with Crippen molar-refractivity contribution in [3.63, 3.8) is 0 Å². The number of piperidine rings is 1. The monoisotopic (exact) mass is 349 g/mol. The summed E-state index contributed by atoms with van der Waals surface area (Å²) in [6.45, 7) is 7.19. The number of thiophene rings is 1. The summed E-state index contributed by atoms with van der Waals surface area (Å²) in [5.41, 5.74) is 0. The van der Waals surface area contributed by atoms with Crippen molar-refractivity contribution < 1.29 is 4.79 Å². The second kappa shape index (κ2) is 7.18. The highest BCUT2D eigenvalue weighted by molar-refractivity contribution is 8.00. The van der Waals surface area contributed by atoms with Gasteiger partial charge in [0.1, 0.15) is 16.2 Å². The molecular weight excluding hydrogens is 326 g/mol. The summed E-state index contributed by atoms with van der Waals surface area (Å²) in [6, 6.07) is 2.53. The van der Waals surface area contributed by atoms with Crippen molar-refractivity contribution in [1.82, 2.24) is 14.9 Å². The Morgan fingerprint density at radius 1 is 1.48 bits per heavy atom. The molecule has 0 radical (unpaired) electrons. The minimum atomic E-state index is -0.112. The molecule has 124 valence electrons. The Labute approximate surface area is 145 Å². The Morgan fingerprint density at radius 2 is 2.30 bits per heavy atom. The molecule has 2 unspecified atom stereocenters. The van der Waals surface area contributed by atoms with Gasteiger partial charge >= 0.3 is 0 Å². The first-order valence-electron chi connectivity index (χ1n) is 8.30. The average Bonchev–Trinajstić information content (AvgIpc) is 2.99.